The predicted molar refractivity (Wildman–Crippen MR) is 139 cm³/mol. The summed E-state index contributed by atoms with van der Waals surface area (Å²) in [5.41, 5.74) is -1.38. The van der Waals surface area contributed by atoms with E-state index in [0.717, 1.165) is 12.3 Å². The van der Waals surface area contributed by atoms with Gasteiger partial charge < -0.3 is 19.1 Å². The van der Waals surface area contributed by atoms with Gasteiger partial charge in [0.15, 0.2) is 17.3 Å². The summed E-state index contributed by atoms with van der Waals surface area (Å²) in [5.74, 6) is -4.57. The fraction of sp³-hybridized carbons (Fsp3) is 0.379. The van der Waals surface area contributed by atoms with Crippen LogP contribution in [-0.2, 0) is 9.47 Å². The van der Waals surface area contributed by atoms with E-state index in [4.69, 9.17) is 14.2 Å². The third-order valence-corrected chi connectivity index (χ3v) is 7.06. The van der Waals surface area contributed by atoms with Crippen LogP contribution in [0.25, 0.3) is 0 Å². The molecule has 1 aromatic heterocycles. The van der Waals surface area contributed by atoms with Crippen molar-refractivity contribution in [2.24, 2.45) is 0 Å². The van der Waals surface area contributed by atoms with E-state index in [0.29, 0.717) is 24.9 Å². The quantitative estimate of drug-likeness (QED) is 0.305. The van der Waals surface area contributed by atoms with Gasteiger partial charge in [0.1, 0.15) is 11.4 Å². The summed E-state index contributed by atoms with van der Waals surface area (Å²) in [6.45, 7) is 4.54. The van der Waals surface area contributed by atoms with Crippen molar-refractivity contribution >= 4 is 12.1 Å². The van der Waals surface area contributed by atoms with E-state index in [9.17, 15) is 23.2 Å². The zero-order valence-corrected chi connectivity index (χ0v) is 22.6. The maximum atomic E-state index is 15.4. The second-order valence-corrected chi connectivity index (χ2v) is 10.9. The third kappa shape index (κ3) is 5.50. The monoisotopic (exact) mass is 571 g/mol. The highest BCUT2D eigenvalue weighted by Gasteiger charge is 2.49. The van der Waals surface area contributed by atoms with Gasteiger partial charge in [0.05, 0.1) is 18.3 Å². The number of amides is 1. The lowest BCUT2D eigenvalue weighted by Gasteiger charge is -2.42. The number of ether oxygens (including phenoxy) is 3. The lowest BCUT2D eigenvalue weighted by atomic mass is 9.79. The molecule has 0 radical (unpaired) electrons. The Morgan fingerprint density at radius 2 is 1.83 bits per heavy atom. The summed E-state index contributed by atoms with van der Waals surface area (Å²) in [6, 6.07) is 7.80. The molecule has 0 aliphatic carbocycles. The first-order chi connectivity index (χ1) is 19.5. The molecule has 0 N–H and O–H groups in total. The smallest absolute Gasteiger partial charge is 0.451 e. The highest BCUT2D eigenvalue weighted by molar-refractivity contribution is 5.96. The minimum Gasteiger partial charge on any atom is -0.451 e. The Bertz CT molecular complexity index is 1540. The van der Waals surface area contributed by atoms with Crippen LogP contribution in [0, 0.1) is 17.5 Å². The number of carbonyl (C=O) groups is 2. The van der Waals surface area contributed by atoms with E-state index in [2.05, 4.69) is 5.10 Å². The van der Waals surface area contributed by atoms with Gasteiger partial charge in [0.25, 0.3) is 5.91 Å². The number of fused-ring (bicyclic) bond motifs is 2. The summed E-state index contributed by atoms with van der Waals surface area (Å²) < 4.78 is 60.6. The van der Waals surface area contributed by atoms with Crippen molar-refractivity contribution in [1.29, 1.82) is 0 Å². The van der Waals surface area contributed by atoms with Crippen molar-refractivity contribution < 1.29 is 37.0 Å². The zero-order valence-electron chi connectivity index (χ0n) is 22.6. The van der Waals surface area contributed by atoms with Gasteiger partial charge in [-0.15, -0.1) is 0 Å². The molecular weight excluding hydrogens is 543 g/mol. The van der Waals surface area contributed by atoms with Crippen LogP contribution >= 0.6 is 0 Å². The Labute approximate surface area is 233 Å². The van der Waals surface area contributed by atoms with E-state index < -0.39 is 71.1 Å². The Morgan fingerprint density at radius 3 is 2.54 bits per heavy atom. The fourth-order valence-corrected chi connectivity index (χ4v) is 5.48. The van der Waals surface area contributed by atoms with Crippen LogP contribution in [0.3, 0.4) is 0 Å². The first-order valence-corrected chi connectivity index (χ1v) is 13.1. The van der Waals surface area contributed by atoms with Gasteiger partial charge >= 0.3 is 6.16 Å². The molecule has 0 bridgehead atoms. The van der Waals surface area contributed by atoms with Gasteiger partial charge in [0.2, 0.25) is 18.0 Å². The molecule has 0 spiro atoms. The van der Waals surface area contributed by atoms with Gasteiger partial charge in [-0.1, -0.05) is 24.3 Å². The van der Waals surface area contributed by atoms with Crippen molar-refractivity contribution in [3.05, 3.63) is 93.2 Å². The molecule has 3 atom stereocenters. The Kier molecular flexibility index (Phi) is 7.50. The van der Waals surface area contributed by atoms with Crippen LogP contribution in [0.15, 0.2) is 53.5 Å². The van der Waals surface area contributed by atoms with Crippen LogP contribution in [0.4, 0.5) is 18.0 Å². The van der Waals surface area contributed by atoms with Gasteiger partial charge in [0, 0.05) is 18.0 Å². The van der Waals surface area contributed by atoms with E-state index in [-0.39, 0.29) is 11.3 Å². The maximum Gasteiger partial charge on any atom is 0.511 e. The number of hydrogen-bond acceptors (Lipinski definition) is 7. The van der Waals surface area contributed by atoms with Crippen LogP contribution in [0.5, 0.6) is 5.75 Å². The van der Waals surface area contributed by atoms with Gasteiger partial charge in [-0.25, -0.2) is 18.0 Å². The first kappa shape index (κ1) is 28.2. The van der Waals surface area contributed by atoms with Crippen molar-refractivity contribution in [3.63, 3.8) is 0 Å². The van der Waals surface area contributed by atoms with E-state index in [1.54, 1.807) is 25.7 Å². The molecule has 1 amide bonds. The molecule has 1 fully saturated rings. The Morgan fingerprint density at radius 1 is 1.10 bits per heavy atom. The van der Waals surface area contributed by atoms with Crippen molar-refractivity contribution in [2.75, 3.05) is 13.3 Å². The Hall–Kier alpha value is -4.35. The highest BCUT2D eigenvalue weighted by atomic mass is 19.2. The number of benzene rings is 2. The topological polar surface area (TPSA) is 100.0 Å². The first-order valence-electron chi connectivity index (χ1n) is 13.1. The molecule has 216 valence electrons. The second kappa shape index (κ2) is 10.9. The average molecular weight is 572 g/mol. The Balaban J connectivity index is 1.63. The molecule has 5 rings (SSSR count). The molecule has 1 saturated heterocycles. The molecule has 3 heterocycles. The number of carbonyl (C=O) groups excluding carboxylic acids is 2. The normalized spacial score (nSPS) is 18.9. The SMILES string of the molecule is CC(C)(C)OC(=O)OCOc1c2n(ncc1=O)[C@@H]([C@H](c1ccc(F)cc1)c1cccc(F)c1F)[C@H]1CCCN1C2=O. The predicted octanol–water partition coefficient (Wildman–Crippen LogP) is 4.94. The number of nitrogens with zero attached hydrogens (tertiary/aromatic N) is 3. The number of halogens is 3. The summed E-state index contributed by atoms with van der Waals surface area (Å²) in [5, 5.41) is 4.26. The fourth-order valence-electron chi connectivity index (χ4n) is 5.48. The highest BCUT2D eigenvalue weighted by Crippen LogP contribution is 2.46. The third-order valence-electron chi connectivity index (χ3n) is 7.06. The molecule has 2 aliphatic heterocycles. The molecular formula is C29H28F3N3O6. The minimum absolute atomic E-state index is 0.0232. The standard InChI is InChI=1S/C29H28F3N3O6/c1-29(2,3)41-28(38)40-15-39-26-21(36)14-33-35-24(20-8-5-13-34(20)27(37)25(26)35)22(16-9-11-17(30)12-10-16)18-6-4-7-19(31)23(18)32/h4,6-7,9-12,14,20,22,24H,5,8,13,15H2,1-3H3/t20-,22-,24-/m1/s1. The molecule has 0 unspecified atom stereocenters. The molecule has 0 saturated carbocycles. The van der Waals surface area contributed by atoms with E-state index in [1.807, 2.05) is 0 Å². The lowest BCUT2D eigenvalue weighted by molar-refractivity contribution is -0.0368. The van der Waals surface area contributed by atoms with Crippen molar-refractivity contribution in [2.45, 2.75) is 57.2 Å². The van der Waals surface area contributed by atoms with Crippen LogP contribution in [0.1, 0.15) is 67.2 Å². The van der Waals surface area contributed by atoms with Gasteiger partial charge in [-0.05, 0) is 57.4 Å². The van der Waals surface area contributed by atoms with E-state index >= 15 is 4.39 Å². The average Bonchev–Trinajstić information content (AvgIpc) is 3.39. The molecule has 9 nitrogen and oxygen atoms in total. The van der Waals surface area contributed by atoms with Gasteiger partial charge in [-0.3, -0.25) is 14.3 Å². The summed E-state index contributed by atoms with van der Waals surface area (Å²) in [4.78, 5) is 40.1. The number of aromatic nitrogens is 2. The largest absolute Gasteiger partial charge is 0.511 e. The van der Waals surface area contributed by atoms with Crippen molar-refractivity contribution in [1.82, 2.24) is 14.7 Å². The molecule has 41 heavy (non-hydrogen) atoms. The summed E-state index contributed by atoms with van der Waals surface area (Å²) in [7, 11) is 0. The van der Waals surface area contributed by atoms with Crippen molar-refractivity contribution in [3.8, 4) is 5.75 Å². The second-order valence-electron chi connectivity index (χ2n) is 10.9. The van der Waals surface area contributed by atoms with Crippen LogP contribution < -0.4 is 10.2 Å². The van der Waals surface area contributed by atoms with Gasteiger partial charge in [-0.2, -0.15) is 5.10 Å². The maximum absolute atomic E-state index is 15.4. The molecule has 12 heteroatoms. The van der Waals surface area contributed by atoms with E-state index in [1.165, 1.54) is 41.1 Å². The number of hydrogen-bond donors (Lipinski definition) is 0. The minimum atomic E-state index is -1.09. The zero-order chi connectivity index (χ0) is 29.5. The van der Waals surface area contributed by atoms with Crippen LogP contribution in [-0.4, -0.2) is 51.7 Å². The summed E-state index contributed by atoms with van der Waals surface area (Å²) in [6.07, 6.45) is 1.05. The molecule has 2 aromatic carbocycles. The molecule has 3 aromatic rings. The summed E-state index contributed by atoms with van der Waals surface area (Å²) >= 11 is 0. The lowest BCUT2D eigenvalue weighted by Crippen LogP contribution is -2.51. The molecule has 2 aliphatic rings. The van der Waals surface area contributed by atoms with Crippen LogP contribution in [0.2, 0.25) is 0 Å². The number of rotatable bonds is 6.